The Bertz CT molecular complexity index is 1510. The lowest BCUT2D eigenvalue weighted by Crippen LogP contribution is -2.14. The highest BCUT2D eigenvalue weighted by Crippen LogP contribution is 2.28. The minimum atomic E-state index is -0.937. The molecular formula is C28H22N2O5. The molecule has 0 fully saturated rings. The first-order chi connectivity index (χ1) is 17.0. The Kier molecular flexibility index (Phi) is 5.89. The fourth-order valence-corrected chi connectivity index (χ4v) is 4.14. The van der Waals surface area contributed by atoms with E-state index in [4.69, 9.17) is 9.15 Å². The Morgan fingerprint density at radius 2 is 1.69 bits per heavy atom. The number of hydrogen-bond donors (Lipinski definition) is 1. The van der Waals surface area contributed by atoms with Gasteiger partial charge in [-0.25, -0.2) is 4.98 Å². The zero-order valence-corrected chi connectivity index (χ0v) is 19.0. The number of hydrogen-bond acceptors (Lipinski definition) is 5. The summed E-state index contributed by atoms with van der Waals surface area (Å²) in [5, 5.41) is 10.1. The van der Waals surface area contributed by atoms with E-state index in [1.54, 1.807) is 42.0 Å². The summed E-state index contributed by atoms with van der Waals surface area (Å²) in [4.78, 5) is 29.0. The normalized spacial score (nSPS) is 11.0. The van der Waals surface area contributed by atoms with Crippen LogP contribution in [0.15, 0.2) is 89.5 Å². The van der Waals surface area contributed by atoms with Crippen LogP contribution in [0, 0.1) is 6.92 Å². The summed E-state index contributed by atoms with van der Waals surface area (Å²) < 4.78 is 13.1. The molecule has 0 amide bonds. The molecular weight excluding hydrogens is 444 g/mol. The topological polar surface area (TPSA) is 94.6 Å². The van der Waals surface area contributed by atoms with Crippen molar-refractivity contribution in [1.29, 1.82) is 0 Å². The van der Waals surface area contributed by atoms with Gasteiger partial charge >= 0.3 is 5.97 Å². The number of carbonyl (C=O) groups excluding carboxylic acids is 1. The van der Waals surface area contributed by atoms with Crippen molar-refractivity contribution in [2.24, 2.45) is 0 Å². The van der Waals surface area contributed by atoms with Crippen molar-refractivity contribution >= 4 is 22.8 Å². The molecule has 2 aromatic heterocycles. The Balaban J connectivity index is 1.33. The number of para-hydroxylation sites is 1. The number of carbonyl (C=O) groups is 2. The molecule has 0 spiro atoms. The maximum Gasteiger partial charge on any atom is 0.307 e. The van der Waals surface area contributed by atoms with Gasteiger partial charge in [0, 0.05) is 22.2 Å². The quantitative estimate of drug-likeness (QED) is 0.340. The maximum atomic E-state index is 13.4. The van der Waals surface area contributed by atoms with Crippen molar-refractivity contribution in [3.63, 3.8) is 0 Å². The molecule has 0 saturated heterocycles. The van der Waals surface area contributed by atoms with Gasteiger partial charge in [-0.1, -0.05) is 36.4 Å². The summed E-state index contributed by atoms with van der Waals surface area (Å²) in [6.45, 7) is 1.97. The van der Waals surface area contributed by atoms with Crippen LogP contribution >= 0.6 is 0 Å². The second-order valence-corrected chi connectivity index (χ2v) is 8.10. The summed E-state index contributed by atoms with van der Waals surface area (Å²) in [7, 11) is 0. The number of nitrogens with zero attached hydrogens (tertiary/aromatic N) is 2. The van der Waals surface area contributed by atoms with Crippen LogP contribution in [0.3, 0.4) is 0 Å². The van der Waals surface area contributed by atoms with Crippen LogP contribution in [-0.4, -0.2) is 26.5 Å². The average molecular weight is 466 g/mol. The van der Waals surface area contributed by atoms with E-state index in [2.05, 4.69) is 4.98 Å². The molecule has 0 atom stereocenters. The lowest BCUT2D eigenvalue weighted by Gasteiger charge is -2.09. The smallest absolute Gasteiger partial charge is 0.307 e. The molecule has 0 unspecified atom stereocenters. The third kappa shape index (κ3) is 4.44. The van der Waals surface area contributed by atoms with Crippen LogP contribution in [0.5, 0.6) is 5.75 Å². The van der Waals surface area contributed by atoms with Crippen LogP contribution < -0.4 is 4.74 Å². The zero-order valence-electron chi connectivity index (χ0n) is 19.0. The predicted octanol–water partition coefficient (Wildman–Crippen LogP) is 5.50. The van der Waals surface area contributed by atoms with E-state index in [1.165, 1.54) is 0 Å². The highest BCUT2D eigenvalue weighted by atomic mass is 16.5. The van der Waals surface area contributed by atoms with E-state index in [0.717, 1.165) is 10.9 Å². The van der Waals surface area contributed by atoms with Gasteiger partial charge in [-0.2, -0.15) is 0 Å². The van der Waals surface area contributed by atoms with Gasteiger partial charge in [-0.3, -0.25) is 14.2 Å². The van der Waals surface area contributed by atoms with Crippen molar-refractivity contribution in [3.8, 4) is 17.2 Å². The predicted molar refractivity (Wildman–Crippen MR) is 130 cm³/mol. The van der Waals surface area contributed by atoms with Gasteiger partial charge in [-0.15, -0.1) is 0 Å². The molecule has 174 valence electrons. The number of fused-ring (bicyclic) bond motifs is 1. The zero-order chi connectivity index (χ0) is 24.4. The van der Waals surface area contributed by atoms with Crippen LogP contribution in [0.4, 0.5) is 0 Å². The molecule has 35 heavy (non-hydrogen) atoms. The van der Waals surface area contributed by atoms with Gasteiger partial charge in [0.15, 0.2) is 5.76 Å². The number of aromatic nitrogens is 2. The highest BCUT2D eigenvalue weighted by Gasteiger charge is 2.21. The van der Waals surface area contributed by atoms with E-state index >= 15 is 0 Å². The summed E-state index contributed by atoms with van der Waals surface area (Å²) in [5.74, 6) is 0.531. The van der Waals surface area contributed by atoms with Crippen LogP contribution in [0.2, 0.25) is 0 Å². The van der Waals surface area contributed by atoms with Gasteiger partial charge in [0.05, 0.1) is 18.1 Å². The molecule has 5 rings (SSSR count). The van der Waals surface area contributed by atoms with Crippen LogP contribution in [0.1, 0.15) is 27.4 Å². The average Bonchev–Trinajstić information content (AvgIpc) is 3.46. The molecule has 1 N–H and O–H groups in total. The Morgan fingerprint density at radius 3 is 2.43 bits per heavy atom. The van der Waals surface area contributed by atoms with Gasteiger partial charge < -0.3 is 14.3 Å². The van der Waals surface area contributed by atoms with Crippen LogP contribution in [0.25, 0.3) is 22.4 Å². The first-order valence-electron chi connectivity index (χ1n) is 11.1. The number of rotatable bonds is 7. The highest BCUT2D eigenvalue weighted by molar-refractivity contribution is 6.04. The third-order valence-corrected chi connectivity index (χ3v) is 5.83. The summed E-state index contributed by atoms with van der Waals surface area (Å²) in [5.41, 5.74) is 3.31. The van der Waals surface area contributed by atoms with E-state index in [0.29, 0.717) is 39.7 Å². The van der Waals surface area contributed by atoms with Gasteiger partial charge in [0.2, 0.25) is 5.89 Å². The van der Waals surface area contributed by atoms with E-state index < -0.39 is 5.97 Å². The Hall–Kier alpha value is -4.65. The maximum absolute atomic E-state index is 13.4. The monoisotopic (exact) mass is 466 g/mol. The number of aliphatic carboxylic acids is 1. The molecule has 0 radical (unpaired) electrons. The molecule has 2 heterocycles. The van der Waals surface area contributed by atoms with Crippen molar-refractivity contribution in [1.82, 2.24) is 9.55 Å². The number of carboxylic acid groups (broad SMARTS) is 1. The van der Waals surface area contributed by atoms with E-state index in [9.17, 15) is 14.7 Å². The minimum absolute atomic E-state index is 0.146. The minimum Gasteiger partial charge on any atom is -0.486 e. The Morgan fingerprint density at radius 1 is 0.971 bits per heavy atom. The number of oxazole rings is 1. The van der Waals surface area contributed by atoms with Crippen molar-refractivity contribution < 1.29 is 23.8 Å². The fraction of sp³-hybridized carbons (Fsp3) is 0.107. The molecule has 0 aliphatic heterocycles. The number of ether oxygens (including phenoxy) is 1. The fourth-order valence-electron chi connectivity index (χ4n) is 4.14. The largest absolute Gasteiger partial charge is 0.486 e. The van der Waals surface area contributed by atoms with Gasteiger partial charge in [-0.05, 0) is 55.0 Å². The first kappa shape index (κ1) is 22.2. The number of carboxylic acids is 1. The molecule has 0 aliphatic rings. The third-order valence-electron chi connectivity index (χ3n) is 5.83. The lowest BCUT2D eigenvalue weighted by atomic mass is 10.1. The molecule has 7 heteroatoms. The van der Waals surface area contributed by atoms with Crippen molar-refractivity contribution in [3.05, 3.63) is 108 Å². The molecule has 5 aromatic rings. The number of benzene rings is 3. The molecule has 0 bridgehead atoms. The SMILES string of the molecule is Cc1c(CC(=O)O)c2ccccc2n1C(=O)c1ccc(OCc2cnc(-c3ccccc3)o2)cc1. The van der Waals surface area contributed by atoms with E-state index in [1.807, 2.05) is 54.6 Å². The van der Waals surface area contributed by atoms with Gasteiger partial charge in [0.25, 0.3) is 5.91 Å². The second-order valence-electron chi connectivity index (χ2n) is 8.10. The molecule has 3 aromatic carbocycles. The van der Waals surface area contributed by atoms with Gasteiger partial charge in [0.1, 0.15) is 12.4 Å². The molecule has 7 nitrogen and oxygen atoms in total. The summed E-state index contributed by atoms with van der Waals surface area (Å²) in [6, 6.07) is 23.8. The standard InChI is InChI=1S/C28H22N2O5/c1-18-24(15-26(31)32)23-9-5-6-10-25(23)30(18)28(33)20-11-13-21(14-12-20)34-17-22-16-29-27(35-22)19-7-3-2-4-8-19/h2-14,16H,15,17H2,1H3,(H,31,32). The summed E-state index contributed by atoms with van der Waals surface area (Å²) in [6.07, 6.45) is 1.49. The van der Waals surface area contributed by atoms with Crippen LogP contribution in [-0.2, 0) is 17.8 Å². The van der Waals surface area contributed by atoms with E-state index in [-0.39, 0.29) is 18.9 Å². The second kappa shape index (κ2) is 9.30. The first-order valence-corrected chi connectivity index (χ1v) is 11.1. The lowest BCUT2D eigenvalue weighted by molar-refractivity contribution is -0.136. The Labute approximate surface area is 201 Å². The summed E-state index contributed by atoms with van der Waals surface area (Å²) >= 11 is 0. The van der Waals surface area contributed by atoms with Crippen molar-refractivity contribution in [2.75, 3.05) is 0 Å². The molecule has 0 aliphatic carbocycles. The molecule has 0 saturated carbocycles. The van der Waals surface area contributed by atoms with Crippen molar-refractivity contribution in [2.45, 2.75) is 20.0 Å².